The van der Waals surface area contributed by atoms with Crippen molar-refractivity contribution in [3.8, 4) is 0 Å². The van der Waals surface area contributed by atoms with Crippen LogP contribution in [-0.4, -0.2) is 53.0 Å². The molecule has 0 unspecified atom stereocenters. The summed E-state index contributed by atoms with van der Waals surface area (Å²) in [5.41, 5.74) is -0.0704. The quantitative estimate of drug-likeness (QED) is 0.710. The first-order valence-electron chi connectivity index (χ1n) is 8.13. The third-order valence-electron chi connectivity index (χ3n) is 5.34. The minimum absolute atomic E-state index is 0. The molecule has 0 radical (unpaired) electrons. The number of hydrogen-bond donors (Lipinski definition) is 2. The summed E-state index contributed by atoms with van der Waals surface area (Å²) in [5.74, 6) is 0.176. The van der Waals surface area contributed by atoms with Crippen LogP contribution in [0.25, 0.3) is 0 Å². The lowest BCUT2D eigenvalue weighted by Crippen LogP contribution is -2.53. The Morgan fingerprint density at radius 3 is 2.32 bits per heavy atom. The predicted molar refractivity (Wildman–Crippen MR) is 89.4 cm³/mol. The highest BCUT2D eigenvalue weighted by Crippen LogP contribution is 2.43. The van der Waals surface area contributed by atoms with E-state index in [1.165, 1.54) is 19.3 Å². The molecule has 2 rings (SSSR count). The second-order valence-electron chi connectivity index (χ2n) is 6.74. The molecule has 2 aliphatic rings. The highest BCUT2D eigenvalue weighted by molar-refractivity contribution is 5.85. The van der Waals surface area contributed by atoms with Crippen molar-refractivity contribution in [2.45, 2.75) is 38.5 Å². The molecule has 1 saturated carbocycles. The fraction of sp³-hybridized carbons (Fsp3) is 0.938. The van der Waals surface area contributed by atoms with Crippen LogP contribution < -0.4 is 10.6 Å². The Bertz CT molecular complexity index is 337. The van der Waals surface area contributed by atoms with Gasteiger partial charge in [-0.1, -0.05) is 6.42 Å². The zero-order chi connectivity index (χ0) is 15.2. The van der Waals surface area contributed by atoms with Crippen LogP contribution in [0.2, 0.25) is 0 Å². The van der Waals surface area contributed by atoms with Crippen molar-refractivity contribution in [1.29, 1.82) is 0 Å². The van der Waals surface area contributed by atoms with Gasteiger partial charge in [0.05, 0.1) is 12.0 Å². The smallest absolute Gasteiger partial charge is 0.228 e. The summed E-state index contributed by atoms with van der Waals surface area (Å²) in [6, 6.07) is 0. The normalized spacial score (nSPS) is 22.3. The van der Waals surface area contributed by atoms with Gasteiger partial charge in [0, 0.05) is 27.4 Å². The van der Waals surface area contributed by atoms with Crippen LogP contribution in [-0.2, 0) is 14.3 Å². The fourth-order valence-electron chi connectivity index (χ4n) is 3.58. The summed E-state index contributed by atoms with van der Waals surface area (Å²) in [6.45, 7) is 3.87. The van der Waals surface area contributed by atoms with E-state index in [2.05, 4.69) is 10.6 Å². The van der Waals surface area contributed by atoms with Gasteiger partial charge in [0.1, 0.15) is 0 Å². The fourth-order valence-corrected chi connectivity index (χ4v) is 3.58. The number of methoxy groups -OCH3 is 2. The highest BCUT2D eigenvalue weighted by atomic mass is 35.5. The molecular weight excluding hydrogens is 304 g/mol. The van der Waals surface area contributed by atoms with Gasteiger partial charge < -0.3 is 20.1 Å². The van der Waals surface area contributed by atoms with Gasteiger partial charge in [-0.2, -0.15) is 0 Å². The van der Waals surface area contributed by atoms with E-state index in [1.54, 1.807) is 14.2 Å². The van der Waals surface area contributed by atoms with Crippen molar-refractivity contribution in [3.05, 3.63) is 0 Å². The van der Waals surface area contributed by atoms with Crippen molar-refractivity contribution in [2.24, 2.45) is 10.8 Å². The SMILES string of the molecule is COCCC1(CNC(=O)C2(COC)CCNCC2)CCC1.Cl. The van der Waals surface area contributed by atoms with Crippen LogP contribution in [0, 0.1) is 10.8 Å². The van der Waals surface area contributed by atoms with Crippen LogP contribution in [0.3, 0.4) is 0 Å². The zero-order valence-electron chi connectivity index (χ0n) is 13.9. The van der Waals surface area contributed by atoms with E-state index < -0.39 is 0 Å². The van der Waals surface area contributed by atoms with Gasteiger partial charge in [-0.05, 0) is 50.6 Å². The average molecular weight is 335 g/mol. The van der Waals surface area contributed by atoms with Gasteiger partial charge in [-0.15, -0.1) is 12.4 Å². The molecule has 1 aliphatic carbocycles. The lowest BCUT2D eigenvalue weighted by atomic mass is 9.66. The van der Waals surface area contributed by atoms with Crippen LogP contribution >= 0.6 is 12.4 Å². The van der Waals surface area contributed by atoms with Crippen molar-refractivity contribution in [1.82, 2.24) is 10.6 Å². The molecule has 1 aliphatic heterocycles. The Morgan fingerprint density at radius 2 is 1.82 bits per heavy atom. The third kappa shape index (κ3) is 4.57. The largest absolute Gasteiger partial charge is 0.385 e. The first-order valence-corrected chi connectivity index (χ1v) is 8.13. The van der Waals surface area contributed by atoms with Gasteiger partial charge in [0.25, 0.3) is 0 Å². The summed E-state index contributed by atoms with van der Waals surface area (Å²) in [6.07, 6.45) is 6.44. The summed E-state index contributed by atoms with van der Waals surface area (Å²) in [4.78, 5) is 12.7. The summed E-state index contributed by atoms with van der Waals surface area (Å²) >= 11 is 0. The molecule has 1 saturated heterocycles. The maximum absolute atomic E-state index is 12.7. The number of amides is 1. The second-order valence-corrected chi connectivity index (χ2v) is 6.74. The second kappa shape index (κ2) is 9.06. The topological polar surface area (TPSA) is 59.6 Å². The lowest BCUT2D eigenvalue weighted by Gasteiger charge is -2.43. The van der Waals surface area contributed by atoms with E-state index in [0.29, 0.717) is 6.61 Å². The van der Waals surface area contributed by atoms with Crippen molar-refractivity contribution < 1.29 is 14.3 Å². The minimum atomic E-state index is -0.341. The van der Waals surface area contributed by atoms with Crippen molar-refractivity contribution in [3.63, 3.8) is 0 Å². The van der Waals surface area contributed by atoms with Gasteiger partial charge in [-0.3, -0.25) is 4.79 Å². The van der Waals surface area contributed by atoms with Crippen molar-refractivity contribution >= 4 is 18.3 Å². The molecule has 0 aromatic rings. The van der Waals surface area contributed by atoms with Crippen LogP contribution in [0.4, 0.5) is 0 Å². The molecule has 0 aromatic heterocycles. The molecule has 0 atom stereocenters. The summed E-state index contributed by atoms with van der Waals surface area (Å²) in [7, 11) is 3.43. The number of piperidine rings is 1. The number of carbonyl (C=O) groups is 1. The average Bonchev–Trinajstić information content (AvgIpc) is 2.47. The minimum Gasteiger partial charge on any atom is -0.385 e. The number of ether oxygens (including phenoxy) is 2. The van der Waals surface area contributed by atoms with Gasteiger partial charge in [0.15, 0.2) is 0 Å². The maximum atomic E-state index is 12.7. The van der Waals surface area contributed by atoms with Gasteiger partial charge >= 0.3 is 0 Å². The molecule has 0 aromatic carbocycles. The number of carbonyl (C=O) groups excluding carboxylic acids is 1. The number of halogens is 1. The van der Waals surface area contributed by atoms with E-state index in [-0.39, 0.29) is 29.1 Å². The molecule has 0 bridgehead atoms. The summed E-state index contributed by atoms with van der Waals surface area (Å²) < 4.78 is 10.5. The molecular formula is C16H31ClN2O3. The first kappa shape index (κ1) is 19.7. The summed E-state index contributed by atoms with van der Waals surface area (Å²) in [5, 5.41) is 6.55. The third-order valence-corrected chi connectivity index (χ3v) is 5.34. The molecule has 5 nitrogen and oxygen atoms in total. The molecule has 2 fully saturated rings. The lowest BCUT2D eigenvalue weighted by molar-refractivity contribution is -0.137. The van der Waals surface area contributed by atoms with Crippen LogP contribution in [0.5, 0.6) is 0 Å². The Morgan fingerprint density at radius 1 is 1.14 bits per heavy atom. The molecule has 130 valence electrons. The van der Waals surface area contributed by atoms with E-state index in [1.807, 2.05) is 0 Å². The molecule has 22 heavy (non-hydrogen) atoms. The Kier molecular flexibility index (Phi) is 8.11. The van der Waals surface area contributed by atoms with Gasteiger partial charge in [-0.25, -0.2) is 0 Å². The Hall–Kier alpha value is -0.360. The Labute approximate surface area is 140 Å². The first-order chi connectivity index (χ1) is 10.2. The predicted octanol–water partition coefficient (Wildman–Crippen LogP) is 1.75. The van der Waals surface area contributed by atoms with Crippen LogP contribution in [0.1, 0.15) is 38.5 Å². The molecule has 0 spiro atoms. The van der Waals surface area contributed by atoms with E-state index in [0.717, 1.165) is 45.5 Å². The maximum Gasteiger partial charge on any atom is 0.228 e. The van der Waals surface area contributed by atoms with Crippen LogP contribution in [0.15, 0.2) is 0 Å². The zero-order valence-corrected chi connectivity index (χ0v) is 14.7. The number of nitrogens with one attached hydrogen (secondary N) is 2. The molecule has 1 amide bonds. The number of rotatable bonds is 8. The number of hydrogen-bond acceptors (Lipinski definition) is 4. The molecule has 1 heterocycles. The van der Waals surface area contributed by atoms with E-state index >= 15 is 0 Å². The standard InChI is InChI=1S/C16H30N2O3.ClH/c1-20-11-8-15(4-3-5-15)12-18-14(19)16(13-21-2)6-9-17-10-7-16;/h17H,3-13H2,1-2H3,(H,18,19);1H. The molecule has 6 heteroatoms. The van der Waals surface area contributed by atoms with E-state index in [9.17, 15) is 4.79 Å². The monoisotopic (exact) mass is 334 g/mol. The molecule has 2 N–H and O–H groups in total. The highest BCUT2D eigenvalue weighted by Gasteiger charge is 2.42. The Balaban J connectivity index is 0.00000242. The van der Waals surface area contributed by atoms with Gasteiger partial charge in [0.2, 0.25) is 5.91 Å². The van der Waals surface area contributed by atoms with Crippen molar-refractivity contribution in [2.75, 3.05) is 47.1 Å². The van der Waals surface area contributed by atoms with E-state index in [4.69, 9.17) is 9.47 Å².